The molecule has 0 N–H and O–H groups in total. The number of aryl methyl sites for hydroxylation is 2. The topological polar surface area (TPSA) is 95.1 Å². The largest absolute Gasteiger partial charge is 0.493 e. The number of rotatable bonds is 7. The summed E-state index contributed by atoms with van der Waals surface area (Å²) in [4.78, 5) is 14.0. The van der Waals surface area contributed by atoms with E-state index in [1.165, 1.54) is 7.11 Å². The minimum atomic E-state index is 0.118. The lowest BCUT2D eigenvalue weighted by Crippen LogP contribution is -2.04. The van der Waals surface area contributed by atoms with Crippen molar-refractivity contribution in [3.63, 3.8) is 0 Å². The van der Waals surface area contributed by atoms with Gasteiger partial charge in [0.2, 0.25) is 0 Å². The maximum Gasteiger partial charge on any atom is 0.327 e. The van der Waals surface area contributed by atoms with E-state index in [1.807, 2.05) is 73.0 Å². The predicted octanol–water partition coefficient (Wildman–Crippen LogP) is 5.96. The van der Waals surface area contributed by atoms with Crippen molar-refractivity contribution in [3.8, 4) is 35.2 Å². The third kappa shape index (κ3) is 4.68. The van der Waals surface area contributed by atoms with Crippen molar-refractivity contribution in [1.29, 1.82) is 5.26 Å². The molecule has 5 aromatic rings. The van der Waals surface area contributed by atoms with E-state index in [-0.39, 0.29) is 11.9 Å². The maximum absolute atomic E-state index is 9.37. The number of aromatic nitrogens is 4. The van der Waals surface area contributed by atoms with Crippen LogP contribution in [0, 0.1) is 25.2 Å². The minimum Gasteiger partial charge on any atom is -0.493 e. The van der Waals surface area contributed by atoms with Crippen LogP contribution in [-0.4, -0.2) is 26.6 Å². The number of nitrogens with zero attached hydrogens (tertiary/aromatic N) is 5. The average molecular weight is 478 g/mol. The molecule has 0 atom stereocenters. The van der Waals surface area contributed by atoms with E-state index >= 15 is 0 Å². The lowest BCUT2D eigenvalue weighted by atomic mass is 10.2. The smallest absolute Gasteiger partial charge is 0.327 e. The third-order valence-electron chi connectivity index (χ3n) is 5.61. The lowest BCUT2D eigenvalue weighted by molar-refractivity contribution is 0.370. The second-order valence-electron chi connectivity index (χ2n) is 8.21. The number of methoxy groups -OCH3 is 1. The molecule has 8 heteroatoms. The Morgan fingerprint density at radius 2 is 1.69 bits per heavy atom. The van der Waals surface area contributed by atoms with Gasteiger partial charge >= 0.3 is 6.01 Å². The van der Waals surface area contributed by atoms with Crippen LogP contribution in [0.2, 0.25) is 0 Å². The van der Waals surface area contributed by atoms with Gasteiger partial charge in [-0.3, -0.25) is 0 Å². The van der Waals surface area contributed by atoms with Gasteiger partial charge in [0.05, 0.1) is 25.3 Å². The standard InChI is InChI=1S/C28H23N5O3/c1-18-8-7-11-22(14-18)35-28-31-26-25(30-19(2)33(26)17-20-9-5-4-6-10-20)27(32-28)36-24-15-21(16-29)12-13-23(24)34-3/h4-15H,17H2,1-3H3. The van der Waals surface area contributed by atoms with Gasteiger partial charge in [-0.2, -0.15) is 15.2 Å². The molecule has 3 aromatic carbocycles. The Bertz CT molecular complexity index is 1590. The van der Waals surface area contributed by atoms with Gasteiger partial charge < -0.3 is 18.8 Å². The first-order valence-corrected chi connectivity index (χ1v) is 11.3. The highest BCUT2D eigenvalue weighted by atomic mass is 16.5. The Morgan fingerprint density at radius 3 is 2.44 bits per heavy atom. The van der Waals surface area contributed by atoms with E-state index < -0.39 is 0 Å². The van der Waals surface area contributed by atoms with Gasteiger partial charge in [-0.15, -0.1) is 0 Å². The summed E-state index contributed by atoms with van der Waals surface area (Å²) in [6, 6.07) is 24.9. The molecule has 0 radical (unpaired) electrons. The number of hydrogen-bond donors (Lipinski definition) is 0. The molecule has 0 unspecified atom stereocenters. The number of fused-ring (bicyclic) bond motifs is 1. The summed E-state index contributed by atoms with van der Waals surface area (Å²) >= 11 is 0. The van der Waals surface area contributed by atoms with Crippen molar-refractivity contribution in [2.24, 2.45) is 0 Å². The van der Waals surface area contributed by atoms with Gasteiger partial charge in [0.25, 0.3) is 5.88 Å². The van der Waals surface area contributed by atoms with Crippen molar-refractivity contribution in [3.05, 3.63) is 95.3 Å². The van der Waals surface area contributed by atoms with Crippen LogP contribution in [0.1, 0.15) is 22.5 Å². The van der Waals surface area contributed by atoms with Crippen LogP contribution in [0.3, 0.4) is 0 Å². The molecule has 2 heterocycles. The molecular formula is C28H23N5O3. The van der Waals surface area contributed by atoms with Crippen LogP contribution in [-0.2, 0) is 6.54 Å². The number of benzene rings is 3. The minimum absolute atomic E-state index is 0.118. The Kier molecular flexibility index (Phi) is 6.20. The van der Waals surface area contributed by atoms with Crippen molar-refractivity contribution >= 4 is 11.2 Å². The molecule has 36 heavy (non-hydrogen) atoms. The van der Waals surface area contributed by atoms with E-state index in [4.69, 9.17) is 24.2 Å². The van der Waals surface area contributed by atoms with Gasteiger partial charge in [0, 0.05) is 6.07 Å². The molecule has 0 saturated heterocycles. The van der Waals surface area contributed by atoms with Crippen LogP contribution < -0.4 is 14.2 Å². The molecule has 0 bridgehead atoms. The fourth-order valence-electron chi connectivity index (χ4n) is 3.85. The van der Waals surface area contributed by atoms with Crippen molar-refractivity contribution in [1.82, 2.24) is 19.5 Å². The van der Waals surface area contributed by atoms with Crippen molar-refractivity contribution in [2.45, 2.75) is 20.4 Å². The van der Waals surface area contributed by atoms with E-state index in [1.54, 1.807) is 18.2 Å². The number of nitriles is 1. The van der Waals surface area contributed by atoms with Gasteiger partial charge in [-0.1, -0.05) is 42.5 Å². The van der Waals surface area contributed by atoms with E-state index in [0.29, 0.717) is 40.5 Å². The summed E-state index contributed by atoms with van der Waals surface area (Å²) in [5, 5.41) is 9.37. The summed E-state index contributed by atoms with van der Waals surface area (Å²) in [6.07, 6.45) is 0. The van der Waals surface area contributed by atoms with Crippen LogP contribution in [0.25, 0.3) is 11.2 Å². The number of hydrogen-bond acceptors (Lipinski definition) is 7. The molecule has 0 aliphatic carbocycles. The molecule has 0 saturated carbocycles. The first-order valence-electron chi connectivity index (χ1n) is 11.3. The van der Waals surface area contributed by atoms with Gasteiger partial charge in [0.15, 0.2) is 22.7 Å². The van der Waals surface area contributed by atoms with Crippen molar-refractivity contribution < 1.29 is 14.2 Å². The Hall–Kier alpha value is -4.90. The fraction of sp³-hybridized carbons (Fsp3) is 0.143. The molecule has 0 amide bonds. The Balaban J connectivity index is 1.65. The molecule has 2 aromatic heterocycles. The summed E-state index contributed by atoms with van der Waals surface area (Å²) in [5.41, 5.74) is 3.63. The first kappa shape index (κ1) is 22.9. The van der Waals surface area contributed by atoms with Crippen molar-refractivity contribution in [2.75, 3.05) is 7.11 Å². The zero-order valence-corrected chi connectivity index (χ0v) is 20.1. The van der Waals surface area contributed by atoms with E-state index in [9.17, 15) is 5.26 Å². The maximum atomic E-state index is 9.37. The summed E-state index contributed by atoms with van der Waals surface area (Å²) in [5.74, 6) is 2.36. The summed E-state index contributed by atoms with van der Waals surface area (Å²) in [7, 11) is 1.54. The molecule has 8 nitrogen and oxygen atoms in total. The third-order valence-corrected chi connectivity index (χ3v) is 5.61. The SMILES string of the molecule is COc1ccc(C#N)cc1Oc1nc(Oc2cccc(C)c2)nc2c1nc(C)n2Cc1ccccc1. The van der Waals surface area contributed by atoms with E-state index in [2.05, 4.69) is 11.1 Å². The highest BCUT2D eigenvalue weighted by Gasteiger charge is 2.20. The molecule has 5 rings (SSSR count). The molecule has 0 aliphatic rings. The molecule has 0 spiro atoms. The van der Waals surface area contributed by atoms with Crippen LogP contribution in [0.5, 0.6) is 29.1 Å². The van der Waals surface area contributed by atoms with Gasteiger partial charge in [-0.25, -0.2) is 4.98 Å². The molecule has 178 valence electrons. The number of ether oxygens (including phenoxy) is 3. The zero-order valence-electron chi connectivity index (χ0n) is 20.1. The quantitative estimate of drug-likeness (QED) is 0.285. The van der Waals surface area contributed by atoms with Crippen LogP contribution in [0.4, 0.5) is 0 Å². The lowest BCUT2D eigenvalue weighted by Gasteiger charge is -2.12. The monoisotopic (exact) mass is 477 g/mol. The van der Waals surface area contributed by atoms with E-state index in [0.717, 1.165) is 17.0 Å². The van der Waals surface area contributed by atoms with Gasteiger partial charge in [0.1, 0.15) is 11.6 Å². The van der Waals surface area contributed by atoms with Gasteiger partial charge in [-0.05, 0) is 49.2 Å². The molecular weight excluding hydrogens is 454 g/mol. The zero-order chi connectivity index (χ0) is 25.1. The molecule has 0 aliphatic heterocycles. The highest BCUT2D eigenvalue weighted by molar-refractivity contribution is 5.78. The summed E-state index contributed by atoms with van der Waals surface area (Å²) < 4.78 is 19.7. The highest BCUT2D eigenvalue weighted by Crippen LogP contribution is 2.36. The van der Waals surface area contributed by atoms with Crippen LogP contribution in [0.15, 0.2) is 72.8 Å². The predicted molar refractivity (Wildman–Crippen MR) is 135 cm³/mol. The average Bonchev–Trinajstić information content (AvgIpc) is 3.19. The normalized spacial score (nSPS) is 10.7. The van der Waals surface area contributed by atoms with Crippen LogP contribution >= 0.6 is 0 Å². The Morgan fingerprint density at radius 1 is 0.861 bits per heavy atom. The Labute approximate surface area is 208 Å². The second kappa shape index (κ2) is 9.76. The molecule has 0 fully saturated rings. The second-order valence-corrected chi connectivity index (χ2v) is 8.21. The number of imidazole rings is 1. The summed E-state index contributed by atoms with van der Waals surface area (Å²) in [6.45, 7) is 4.46. The fourth-order valence-corrected chi connectivity index (χ4v) is 3.85. The first-order chi connectivity index (χ1) is 17.5.